The summed E-state index contributed by atoms with van der Waals surface area (Å²) in [6, 6.07) is 9.31. The van der Waals surface area contributed by atoms with E-state index in [-0.39, 0.29) is 12.1 Å². The van der Waals surface area contributed by atoms with E-state index < -0.39 is 11.7 Å². The van der Waals surface area contributed by atoms with Crippen molar-refractivity contribution in [2.75, 3.05) is 11.9 Å². The number of hydrogen-bond donors (Lipinski definition) is 2. The minimum Gasteiger partial charge on any atom is -0.320 e. The summed E-state index contributed by atoms with van der Waals surface area (Å²) in [6.45, 7) is 2.01. The second-order valence-corrected chi connectivity index (χ2v) is 4.32. The highest BCUT2D eigenvalue weighted by Crippen LogP contribution is 2.13. The van der Waals surface area contributed by atoms with Crippen LogP contribution in [0.1, 0.15) is 21.6 Å². The molecule has 2 rings (SSSR count). The summed E-state index contributed by atoms with van der Waals surface area (Å²) in [6.07, 6.45) is 0. The molecule has 4 nitrogen and oxygen atoms in total. The van der Waals surface area contributed by atoms with Gasteiger partial charge in [0.25, 0.3) is 5.91 Å². The maximum atomic E-state index is 13.8. The lowest BCUT2D eigenvalue weighted by Crippen LogP contribution is -2.15. The van der Waals surface area contributed by atoms with E-state index >= 15 is 0 Å². The van der Waals surface area contributed by atoms with Crippen LogP contribution >= 0.6 is 0 Å². The van der Waals surface area contributed by atoms with Crippen LogP contribution in [0.4, 0.5) is 10.2 Å². The molecule has 0 atom stereocenters. The zero-order valence-electron chi connectivity index (χ0n) is 11.5. The van der Waals surface area contributed by atoms with Crippen molar-refractivity contribution in [1.82, 2.24) is 4.98 Å². The second-order valence-electron chi connectivity index (χ2n) is 4.32. The maximum Gasteiger partial charge on any atom is 0.259 e. The van der Waals surface area contributed by atoms with Crippen molar-refractivity contribution in [3.8, 4) is 11.8 Å². The van der Waals surface area contributed by atoms with Gasteiger partial charge in [0.15, 0.2) is 0 Å². The molecule has 0 radical (unpaired) electrons. The molecule has 0 saturated carbocycles. The predicted molar refractivity (Wildman–Crippen MR) is 79.3 cm³/mol. The van der Waals surface area contributed by atoms with Crippen molar-refractivity contribution in [2.24, 2.45) is 5.73 Å². The number of rotatable bonds is 2. The number of carbonyl (C=O) groups excluding carboxylic acids is 1. The van der Waals surface area contributed by atoms with E-state index in [9.17, 15) is 9.18 Å². The molecule has 0 fully saturated rings. The first-order valence-corrected chi connectivity index (χ1v) is 6.33. The fraction of sp³-hybridized carbons (Fsp3) is 0.125. The second kappa shape index (κ2) is 6.64. The molecule has 0 spiro atoms. The quantitative estimate of drug-likeness (QED) is 0.829. The summed E-state index contributed by atoms with van der Waals surface area (Å²) in [4.78, 5) is 16.2. The summed E-state index contributed by atoms with van der Waals surface area (Å²) in [7, 11) is 0. The van der Waals surface area contributed by atoms with Crippen LogP contribution in [-0.4, -0.2) is 17.4 Å². The highest BCUT2D eigenvalue weighted by molar-refractivity contribution is 6.04. The van der Waals surface area contributed by atoms with Crippen molar-refractivity contribution >= 4 is 11.7 Å². The van der Waals surface area contributed by atoms with Gasteiger partial charge >= 0.3 is 0 Å². The lowest BCUT2D eigenvalue weighted by Gasteiger charge is -2.06. The van der Waals surface area contributed by atoms with Crippen LogP contribution in [0.3, 0.4) is 0 Å². The van der Waals surface area contributed by atoms with Gasteiger partial charge in [-0.05, 0) is 37.3 Å². The van der Waals surface area contributed by atoms with Gasteiger partial charge in [0.05, 0.1) is 12.1 Å². The number of halogens is 1. The molecule has 5 heteroatoms. The number of pyridine rings is 1. The standard InChI is InChI=1S/C16H14FN3O/c1-11-4-2-6-15(19-11)20-16(21)13-10-12(5-3-9-18)7-8-14(13)17/h2,4,6-8,10H,9,18H2,1H3,(H,19,20,21). The third kappa shape index (κ3) is 3.88. The zero-order valence-corrected chi connectivity index (χ0v) is 11.5. The molecule has 1 amide bonds. The summed E-state index contributed by atoms with van der Waals surface area (Å²) >= 11 is 0. The lowest BCUT2D eigenvalue weighted by molar-refractivity contribution is 0.102. The Morgan fingerprint density at radius 3 is 2.90 bits per heavy atom. The number of benzene rings is 1. The smallest absolute Gasteiger partial charge is 0.259 e. The molecule has 0 saturated heterocycles. The van der Waals surface area contributed by atoms with Crippen molar-refractivity contribution in [3.63, 3.8) is 0 Å². The highest BCUT2D eigenvalue weighted by atomic mass is 19.1. The van der Waals surface area contributed by atoms with Gasteiger partial charge in [0, 0.05) is 11.3 Å². The number of aromatic nitrogens is 1. The van der Waals surface area contributed by atoms with Gasteiger partial charge < -0.3 is 11.1 Å². The first-order chi connectivity index (χ1) is 10.1. The Morgan fingerprint density at radius 2 is 2.19 bits per heavy atom. The number of amides is 1. The lowest BCUT2D eigenvalue weighted by atomic mass is 10.1. The van der Waals surface area contributed by atoms with Crippen LogP contribution in [0.2, 0.25) is 0 Å². The van der Waals surface area contributed by atoms with Crippen LogP contribution in [-0.2, 0) is 0 Å². The maximum absolute atomic E-state index is 13.8. The Kier molecular flexibility index (Phi) is 4.64. The topological polar surface area (TPSA) is 68.0 Å². The van der Waals surface area contributed by atoms with Gasteiger partial charge in [-0.3, -0.25) is 4.79 Å². The Hall–Kier alpha value is -2.71. The summed E-state index contributed by atoms with van der Waals surface area (Å²) in [5, 5.41) is 2.56. The van der Waals surface area contributed by atoms with Gasteiger partial charge in [0.1, 0.15) is 11.6 Å². The van der Waals surface area contributed by atoms with Gasteiger partial charge in [0.2, 0.25) is 0 Å². The van der Waals surface area contributed by atoms with E-state index in [0.717, 1.165) is 5.69 Å². The van der Waals surface area contributed by atoms with Gasteiger partial charge in [-0.15, -0.1) is 0 Å². The molecule has 0 bridgehead atoms. The largest absolute Gasteiger partial charge is 0.320 e. The van der Waals surface area contributed by atoms with Crippen LogP contribution in [0.5, 0.6) is 0 Å². The van der Waals surface area contributed by atoms with E-state index in [0.29, 0.717) is 11.4 Å². The Labute approximate surface area is 122 Å². The van der Waals surface area contributed by atoms with Crippen LogP contribution in [0.15, 0.2) is 36.4 Å². The molecule has 1 heterocycles. The molecule has 0 aliphatic heterocycles. The molecule has 2 aromatic rings. The monoisotopic (exact) mass is 283 g/mol. The van der Waals surface area contributed by atoms with Crippen molar-refractivity contribution < 1.29 is 9.18 Å². The van der Waals surface area contributed by atoms with Crippen LogP contribution in [0, 0.1) is 24.6 Å². The van der Waals surface area contributed by atoms with Gasteiger partial charge in [-0.25, -0.2) is 9.37 Å². The fourth-order valence-electron chi connectivity index (χ4n) is 1.73. The number of hydrogen-bond acceptors (Lipinski definition) is 3. The predicted octanol–water partition coefficient (Wildman–Crippen LogP) is 2.09. The van der Waals surface area contributed by atoms with E-state index in [4.69, 9.17) is 5.73 Å². The van der Waals surface area contributed by atoms with Gasteiger partial charge in [-0.2, -0.15) is 0 Å². The summed E-state index contributed by atoms with van der Waals surface area (Å²) in [5.74, 6) is 4.61. The first-order valence-electron chi connectivity index (χ1n) is 6.33. The highest BCUT2D eigenvalue weighted by Gasteiger charge is 2.13. The first kappa shape index (κ1) is 14.7. The number of nitrogens with zero attached hydrogens (tertiary/aromatic N) is 1. The number of nitrogens with one attached hydrogen (secondary N) is 1. The molecule has 106 valence electrons. The number of anilines is 1. The molecule has 0 aliphatic rings. The van der Waals surface area contributed by atoms with E-state index in [2.05, 4.69) is 22.1 Å². The number of nitrogens with two attached hydrogens (primary N) is 1. The average molecular weight is 283 g/mol. The molecular formula is C16H14FN3O. The Morgan fingerprint density at radius 1 is 1.38 bits per heavy atom. The van der Waals surface area contributed by atoms with E-state index in [1.165, 1.54) is 18.2 Å². The van der Waals surface area contributed by atoms with Crippen molar-refractivity contribution in [2.45, 2.75) is 6.92 Å². The SMILES string of the molecule is Cc1cccc(NC(=O)c2cc(C#CCN)ccc2F)n1. The van der Waals surface area contributed by atoms with Crippen LogP contribution < -0.4 is 11.1 Å². The zero-order chi connectivity index (χ0) is 15.2. The van der Waals surface area contributed by atoms with Crippen molar-refractivity contribution in [3.05, 3.63) is 59.0 Å². The third-order valence-corrected chi connectivity index (χ3v) is 2.68. The molecule has 0 unspecified atom stereocenters. The minimum atomic E-state index is -0.613. The van der Waals surface area contributed by atoms with Crippen LogP contribution in [0.25, 0.3) is 0 Å². The Bertz CT molecular complexity index is 732. The molecule has 1 aromatic heterocycles. The van der Waals surface area contributed by atoms with E-state index in [1.807, 2.05) is 0 Å². The number of aryl methyl sites for hydroxylation is 1. The molecule has 1 aromatic carbocycles. The molecular weight excluding hydrogens is 269 g/mol. The average Bonchev–Trinajstić information content (AvgIpc) is 2.46. The summed E-state index contributed by atoms with van der Waals surface area (Å²) in [5.41, 5.74) is 6.50. The fourth-order valence-corrected chi connectivity index (χ4v) is 1.73. The molecule has 3 N–H and O–H groups in total. The van der Waals surface area contributed by atoms with Crippen molar-refractivity contribution in [1.29, 1.82) is 0 Å². The minimum absolute atomic E-state index is 0.0814. The number of carbonyl (C=O) groups is 1. The van der Waals surface area contributed by atoms with E-state index in [1.54, 1.807) is 25.1 Å². The molecule has 21 heavy (non-hydrogen) atoms. The Balaban J connectivity index is 2.26. The molecule has 0 aliphatic carbocycles. The normalized spacial score (nSPS) is 9.67. The third-order valence-electron chi connectivity index (χ3n) is 2.68. The summed E-state index contributed by atoms with van der Waals surface area (Å²) < 4.78 is 13.8. The van der Waals surface area contributed by atoms with Gasteiger partial charge in [-0.1, -0.05) is 17.9 Å².